The van der Waals surface area contributed by atoms with E-state index in [-0.39, 0.29) is 0 Å². The zero-order chi connectivity index (χ0) is 5.98. The Morgan fingerprint density at radius 3 is 1.62 bits per heavy atom. The van der Waals surface area contributed by atoms with E-state index in [0.29, 0.717) is 12.8 Å². The van der Waals surface area contributed by atoms with E-state index in [4.69, 9.17) is 10.2 Å². The molecule has 1 rings (SSSR count). The Balaban J connectivity index is 2.44. The first-order valence-corrected chi connectivity index (χ1v) is 2.82. The van der Waals surface area contributed by atoms with Gasteiger partial charge in [-0.2, -0.15) is 0 Å². The fourth-order valence-corrected chi connectivity index (χ4v) is 0.785. The van der Waals surface area contributed by atoms with E-state index in [1.54, 1.807) is 0 Å². The van der Waals surface area contributed by atoms with Crippen LogP contribution in [0.5, 0.6) is 0 Å². The molecule has 0 aromatic rings. The second-order valence-electron chi connectivity index (χ2n) is 2.08. The maximum atomic E-state index is 8.88. The molecule has 0 unspecified atom stereocenters. The highest BCUT2D eigenvalue weighted by molar-refractivity contribution is 4.94. The normalized spacial score (nSPS) is 37.8. The van der Waals surface area contributed by atoms with Crippen molar-refractivity contribution >= 4 is 0 Å². The molecule has 0 saturated heterocycles. The fraction of sp³-hybridized carbons (Fsp3) is 0.667. The lowest BCUT2D eigenvalue weighted by Gasteiger charge is -2.17. The van der Waals surface area contributed by atoms with Crippen LogP contribution >= 0.6 is 0 Å². The third-order valence-electron chi connectivity index (χ3n) is 1.37. The van der Waals surface area contributed by atoms with E-state index in [0.717, 1.165) is 0 Å². The van der Waals surface area contributed by atoms with E-state index in [2.05, 4.69) is 0 Å². The van der Waals surface area contributed by atoms with Crippen molar-refractivity contribution < 1.29 is 10.2 Å². The van der Waals surface area contributed by atoms with Gasteiger partial charge in [-0.05, 0) is 12.8 Å². The summed E-state index contributed by atoms with van der Waals surface area (Å²) in [7, 11) is 0. The smallest absolute Gasteiger partial charge is 0.0836 e. The quantitative estimate of drug-likeness (QED) is 0.437. The standard InChI is InChI=1S/C6H10O2/c7-5-3-1-2-4-6(5)8/h1-2,5-8H,3-4H2/t5-,6-/m0/s1. The molecule has 0 aromatic carbocycles. The third kappa shape index (κ3) is 1.08. The average Bonchev–Trinajstić information content (AvgIpc) is 1.77. The fourth-order valence-electron chi connectivity index (χ4n) is 0.785. The second kappa shape index (κ2) is 2.29. The minimum Gasteiger partial charge on any atom is -0.390 e. The van der Waals surface area contributed by atoms with Gasteiger partial charge in [0, 0.05) is 0 Å². The Bertz CT molecular complexity index is 86.7. The zero-order valence-electron chi connectivity index (χ0n) is 4.62. The monoisotopic (exact) mass is 114 g/mol. The first kappa shape index (κ1) is 5.79. The maximum Gasteiger partial charge on any atom is 0.0836 e. The summed E-state index contributed by atoms with van der Waals surface area (Å²) in [6.07, 6.45) is 3.91. The first-order chi connectivity index (χ1) is 3.80. The number of hydrogen-bond donors (Lipinski definition) is 2. The van der Waals surface area contributed by atoms with Gasteiger partial charge < -0.3 is 10.2 Å². The lowest BCUT2D eigenvalue weighted by molar-refractivity contribution is 0.0193. The Kier molecular flexibility index (Phi) is 1.65. The van der Waals surface area contributed by atoms with E-state index in [9.17, 15) is 0 Å². The van der Waals surface area contributed by atoms with Crippen molar-refractivity contribution in [2.45, 2.75) is 25.0 Å². The van der Waals surface area contributed by atoms with Gasteiger partial charge in [-0.3, -0.25) is 0 Å². The van der Waals surface area contributed by atoms with Gasteiger partial charge in [-0.1, -0.05) is 12.2 Å². The van der Waals surface area contributed by atoms with E-state index in [1.807, 2.05) is 12.2 Å². The molecular formula is C6H10O2. The Morgan fingerprint density at radius 2 is 1.38 bits per heavy atom. The van der Waals surface area contributed by atoms with Crippen LogP contribution in [0.1, 0.15) is 12.8 Å². The van der Waals surface area contributed by atoms with Crippen LogP contribution in [0.4, 0.5) is 0 Å². The van der Waals surface area contributed by atoms with Crippen LogP contribution in [0, 0.1) is 0 Å². The van der Waals surface area contributed by atoms with Crippen LogP contribution in [0.3, 0.4) is 0 Å². The molecule has 2 N–H and O–H groups in total. The molecule has 0 amide bonds. The second-order valence-corrected chi connectivity index (χ2v) is 2.08. The molecule has 2 atom stereocenters. The number of hydrogen-bond acceptors (Lipinski definition) is 2. The van der Waals surface area contributed by atoms with Crippen molar-refractivity contribution in [2.24, 2.45) is 0 Å². The lowest BCUT2D eigenvalue weighted by Crippen LogP contribution is -2.26. The van der Waals surface area contributed by atoms with Gasteiger partial charge in [0.2, 0.25) is 0 Å². The summed E-state index contributed by atoms with van der Waals surface area (Å²) in [6.45, 7) is 0. The Morgan fingerprint density at radius 1 is 1.00 bits per heavy atom. The molecule has 0 saturated carbocycles. The Labute approximate surface area is 48.5 Å². The first-order valence-electron chi connectivity index (χ1n) is 2.82. The van der Waals surface area contributed by atoms with Gasteiger partial charge in [-0.15, -0.1) is 0 Å². The highest BCUT2D eigenvalue weighted by atomic mass is 16.3. The highest BCUT2D eigenvalue weighted by Crippen LogP contribution is 2.10. The van der Waals surface area contributed by atoms with Crippen molar-refractivity contribution in [3.63, 3.8) is 0 Å². The average molecular weight is 114 g/mol. The summed E-state index contributed by atoms with van der Waals surface area (Å²) in [5.74, 6) is 0. The molecule has 1 aliphatic carbocycles. The molecule has 0 heterocycles. The molecule has 2 nitrogen and oxygen atoms in total. The lowest BCUT2D eigenvalue weighted by atomic mass is 10.0. The minimum absolute atomic E-state index is 0.528. The summed E-state index contributed by atoms with van der Waals surface area (Å²) in [6, 6.07) is 0. The number of rotatable bonds is 0. The molecule has 0 radical (unpaired) electrons. The van der Waals surface area contributed by atoms with E-state index >= 15 is 0 Å². The van der Waals surface area contributed by atoms with Gasteiger partial charge in [0.05, 0.1) is 12.2 Å². The van der Waals surface area contributed by atoms with Crippen LogP contribution in [-0.4, -0.2) is 22.4 Å². The van der Waals surface area contributed by atoms with E-state index in [1.165, 1.54) is 0 Å². The van der Waals surface area contributed by atoms with Crippen LogP contribution in [0.15, 0.2) is 12.2 Å². The highest BCUT2D eigenvalue weighted by Gasteiger charge is 2.15. The largest absolute Gasteiger partial charge is 0.390 e. The molecule has 2 heteroatoms. The summed E-state index contributed by atoms with van der Waals surface area (Å²) in [5.41, 5.74) is 0. The molecule has 46 valence electrons. The van der Waals surface area contributed by atoms with Gasteiger partial charge in [-0.25, -0.2) is 0 Å². The summed E-state index contributed by atoms with van der Waals surface area (Å²) >= 11 is 0. The maximum absolute atomic E-state index is 8.88. The van der Waals surface area contributed by atoms with Crippen molar-refractivity contribution in [3.8, 4) is 0 Å². The molecule has 8 heavy (non-hydrogen) atoms. The Hall–Kier alpha value is -0.340. The molecule has 0 aromatic heterocycles. The van der Waals surface area contributed by atoms with Crippen LogP contribution < -0.4 is 0 Å². The summed E-state index contributed by atoms with van der Waals surface area (Å²) in [5, 5.41) is 17.8. The van der Waals surface area contributed by atoms with Crippen LogP contribution in [0.25, 0.3) is 0 Å². The van der Waals surface area contributed by atoms with Crippen LogP contribution in [0.2, 0.25) is 0 Å². The van der Waals surface area contributed by atoms with Crippen molar-refractivity contribution in [1.29, 1.82) is 0 Å². The summed E-state index contributed by atoms with van der Waals surface area (Å²) < 4.78 is 0. The van der Waals surface area contributed by atoms with Gasteiger partial charge in [0.15, 0.2) is 0 Å². The molecular weight excluding hydrogens is 104 g/mol. The molecule has 0 bridgehead atoms. The van der Waals surface area contributed by atoms with Gasteiger partial charge >= 0.3 is 0 Å². The predicted molar refractivity (Wildman–Crippen MR) is 30.4 cm³/mol. The van der Waals surface area contributed by atoms with Crippen molar-refractivity contribution in [2.75, 3.05) is 0 Å². The zero-order valence-corrected chi connectivity index (χ0v) is 4.62. The van der Waals surface area contributed by atoms with Gasteiger partial charge in [0.1, 0.15) is 0 Å². The van der Waals surface area contributed by atoms with E-state index < -0.39 is 12.2 Å². The van der Waals surface area contributed by atoms with Crippen LogP contribution in [-0.2, 0) is 0 Å². The third-order valence-corrected chi connectivity index (χ3v) is 1.37. The molecule has 0 aliphatic heterocycles. The van der Waals surface area contributed by atoms with Crippen molar-refractivity contribution in [1.82, 2.24) is 0 Å². The molecule has 0 spiro atoms. The van der Waals surface area contributed by atoms with Gasteiger partial charge in [0.25, 0.3) is 0 Å². The number of aliphatic hydroxyl groups excluding tert-OH is 2. The topological polar surface area (TPSA) is 40.5 Å². The predicted octanol–water partition coefficient (Wildman–Crippen LogP) is 0.0582. The summed E-state index contributed by atoms with van der Waals surface area (Å²) in [4.78, 5) is 0. The number of aliphatic hydroxyl groups is 2. The molecule has 1 aliphatic rings. The van der Waals surface area contributed by atoms with Crippen molar-refractivity contribution in [3.05, 3.63) is 12.2 Å². The molecule has 0 fully saturated rings. The minimum atomic E-state index is -0.528. The SMILES string of the molecule is O[C@H]1CC=CC[C@@H]1O.